The first kappa shape index (κ1) is 19.1. The van der Waals surface area contributed by atoms with Gasteiger partial charge in [-0.25, -0.2) is 4.79 Å². The maximum absolute atomic E-state index is 12.3. The summed E-state index contributed by atoms with van der Waals surface area (Å²) in [5.74, 6) is 0.706. The predicted molar refractivity (Wildman–Crippen MR) is 98.1 cm³/mol. The molecule has 2 rings (SSSR count). The molecule has 1 aliphatic rings. The summed E-state index contributed by atoms with van der Waals surface area (Å²) < 4.78 is 5.20. The number of hydrogen-bond donors (Lipinski definition) is 2. The number of nitrogens with one attached hydrogen (secondary N) is 2. The fraction of sp³-hybridized carbons (Fsp3) is 0.556. The van der Waals surface area contributed by atoms with Crippen LogP contribution in [0.3, 0.4) is 0 Å². The maximum atomic E-state index is 12.3. The van der Waals surface area contributed by atoms with Crippen molar-refractivity contribution in [3.05, 3.63) is 24.3 Å². The molecule has 1 heterocycles. The van der Waals surface area contributed by atoms with Crippen LogP contribution in [-0.2, 0) is 4.79 Å². The second-order valence-corrected chi connectivity index (χ2v) is 6.03. The standard InChI is InChI=1S/C18H28N4O3/c1-4-21(5-2)10-9-19-18(24)20-14-11-17(23)22(13-14)15-7-6-8-16(12-15)25-3/h6-8,12,14H,4-5,9-11,13H2,1-3H3,(H2,19,20,24)/t14-/m0/s1. The Bertz CT molecular complexity index is 589. The van der Waals surface area contributed by atoms with Crippen LogP contribution in [0.2, 0.25) is 0 Å². The van der Waals surface area contributed by atoms with Crippen molar-refractivity contribution in [2.75, 3.05) is 44.7 Å². The molecule has 0 unspecified atom stereocenters. The summed E-state index contributed by atoms with van der Waals surface area (Å²) in [4.78, 5) is 28.2. The largest absolute Gasteiger partial charge is 0.497 e. The van der Waals surface area contributed by atoms with Gasteiger partial charge in [0.05, 0.1) is 13.2 Å². The predicted octanol–water partition coefficient (Wildman–Crippen LogP) is 1.44. The van der Waals surface area contributed by atoms with Gasteiger partial charge in [0, 0.05) is 37.8 Å². The van der Waals surface area contributed by atoms with E-state index in [0.29, 0.717) is 25.3 Å². The van der Waals surface area contributed by atoms with E-state index in [1.807, 2.05) is 24.3 Å². The number of carbonyl (C=O) groups is 2. The smallest absolute Gasteiger partial charge is 0.315 e. The highest BCUT2D eigenvalue weighted by molar-refractivity contribution is 5.97. The average molecular weight is 348 g/mol. The number of amides is 3. The quantitative estimate of drug-likeness (QED) is 0.746. The minimum absolute atomic E-state index is 0.00157. The highest BCUT2D eigenvalue weighted by Crippen LogP contribution is 2.25. The first-order chi connectivity index (χ1) is 12.1. The number of urea groups is 1. The van der Waals surface area contributed by atoms with Crippen LogP contribution in [0.1, 0.15) is 20.3 Å². The van der Waals surface area contributed by atoms with Crippen molar-refractivity contribution in [3.8, 4) is 5.75 Å². The highest BCUT2D eigenvalue weighted by Gasteiger charge is 2.31. The summed E-state index contributed by atoms with van der Waals surface area (Å²) in [6.45, 7) is 8.00. The van der Waals surface area contributed by atoms with Crippen molar-refractivity contribution in [2.24, 2.45) is 0 Å². The van der Waals surface area contributed by atoms with Gasteiger partial charge in [-0.1, -0.05) is 19.9 Å². The number of likely N-dealkylation sites (N-methyl/N-ethyl adjacent to an activating group) is 1. The van der Waals surface area contributed by atoms with Crippen molar-refractivity contribution in [1.82, 2.24) is 15.5 Å². The summed E-state index contributed by atoms with van der Waals surface area (Å²) in [7, 11) is 1.60. The molecule has 0 spiro atoms. The van der Waals surface area contributed by atoms with Gasteiger partial charge in [-0.05, 0) is 25.2 Å². The minimum Gasteiger partial charge on any atom is -0.497 e. The third kappa shape index (κ3) is 5.35. The summed E-state index contributed by atoms with van der Waals surface area (Å²) >= 11 is 0. The van der Waals surface area contributed by atoms with E-state index in [4.69, 9.17) is 4.74 Å². The lowest BCUT2D eigenvalue weighted by molar-refractivity contribution is -0.117. The average Bonchev–Trinajstić information content (AvgIpc) is 2.99. The first-order valence-electron chi connectivity index (χ1n) is 8.78. The number of nitrogens with zero attached hydrogens (tertiary/aromatic N) is 2. The van der Waals surface area contributed by atoms with E-state index in [2.05, 4.69) is 29.4 Å². The van der Waals surface area contributed by atoms with E-state index >= 15 is 0 Å². The lowest BCUT2D eigenvalue weighted by Gasteiger charge is -2.19. The molecule has 3 amide bonds. The SMILES string of the molecule is CCN(CC)CCNC(=O)N[C@H]1CC(=O)N(c2cccc(OC)c2)C1. The van der Waals surface area contributed by atoms with Gasteiger partial charge in [-0.3, -0.25) is 4.79 Å². The molecule has 7 nitrogen and oxygen atoms in total. The zero-order chi connectivity index (χ0) is 18.2. The molecular formula is C18H28N4O3. The molecule has 0 saturated carbocycles. The molecule has 0 aliphatic carbocycles. The second-order valence-electron chi connectivity index (χ2n) is 6.03. The summed E-state index contributed by atoms with van der Waals surface area (Å²) in [6.07, 6.45) is 0.306. The summed E-state index contributed by atoms with van der Waals surface area (Å²) in [6, 6.07) is 6.97. The van der Waals surface area contributed by atoms with Crippen LogP contribution < -0.4 is 20.3 Å². The van der Waals surface area contributed by atoms with Crippen molar-refractivity contribution >= 4 is 17.6 Å². The Kier molecular flexibility index (Phi) is 7.06. The molecule has 0 radical (unpaired) electrons. The van der Waals surface area contributed by atoms with Crippen LogP contribution in [0.25, 0.3) is 0 Å². The number of anilines is 1. The van der Waals surface area contributed by atoms with E-state index < -0.39 is 0 Å². The van der Waals surface area contributed by atoms with Crippen LogP contribution in [0, 0.1) is 0 Å². The van der Waals surface area contributed by atoms with Crippen molar-refractivity contribution in [1.29, 1.82) is 0 Å². The van der Waals surface area contributed by atoms with E-state index in [0.717, 1.165) is 25.3 Å². The van der Waals surface area contributed by atoms with Crippen LogP contribution in [-0.4, -0.2) is 62.7 Å². The molecule has 1 aliphatic heterocycles. The third-order valence-electron chi connectivity index (χ3n) is 4.43. The van der Waals surface area contributed by atoms with Crippen molar-refractivity contribution in [2.45, 2.75) is 26.3 Å². The monoisotopic (exact) mass is 348 g/mol. The molecule has 1 atom stereocenters. The Morgan fingerprint density at radius 1 is 1.36 bits per heavy atom. The Hall–Kier alpha value is -2.28. The fourth-order valence-electron chi connectivity index (χ4n) is 2.94. The lowest BCUT2D eigenvalue weighted by Crippen LogP contribution is -2.45. The molecule has 1 saturated heterocycles. The van der Waals surface area contributed by atoms with Gasteiger partial charge in [-0.2, -0.15) is 0 Å². The summed E-state index contributed by atoms with van der Waals surface area (Å²) in [5, 5.41) is 5.74. The topological polar surface area (TPSA) is 73.9 Å². The fourth-order valence-corrected chi connectivity index (χ4v) is 2.94. The van der Waals surface area contributed by atoms with Crippen molar-refractivity contribution < 1.29 is 14.3 Å². The molecule has 0 bridgehead atoms. The number of ether oxygens (including phenoxy) is 1. The van der Waals surface area contributed by atoms with Crippen LogP contribution in [0.5, 0.6) is 5.75 Å². The molecular weight excluding hydrogens is 320 g/mol. The molecule has 25 heavy (non-hydrogen) atoms. The Labute approximate surface area is 149 Å². The third-order valence-corrected chi connectivity index (χ3v) is 4.43. The van der Waals surface area contributed by atoms with E-state index in [1.54, 1.807) is 12.0 Å². The Morgan fingerprint density at radius 3 is 2.80 bits per heavy atom. The normalized spacial score (nSPS) is 17.0. The van der Waals surface area contributed by atoms with Crippen LogP contribution in [0.15, 0.2) is 24.3 Å². The molecule has 138 valence electrons. The Balaban J connectivity index is 1.82. The second kappa shape index (κ2) is 9.27. The van der Waals surface area contributed by atoms with Gasteiger partial charge < -0.3 is 25.2 Å². The van der Waals surface area contributed by atoms with Gasteiger partial charge in [-0.15, -0.1) is 0 Å². The van der Waals surface area contributed by atoms with Gasteiger partial charge in [0.2, 0.25) is 5.91 Å². The Morgan fingerprint density at radius 2 is 2.12 bits per heavy atom. The lowest BCUT2D eigenvalue weighted by atomic mass is 10.2. The van der Waals surface area contributed by atoms with Gasteiger partial charge in [0.15, 0.2) is 0 Å². The van der Waals surface area contributed by atoms with E-state index in [1.165, 1.54) is 0 Å². The molecule has 1 aromatic rings. The van der Waals surface area contributed by atoms with Gasteiger partial charge in [0.25, 0.3) is 0 Å². The van der Waals surface area contributed by atoms with Gasteiger partial charge in [0.1, 0.15) is 5.75 Å². The molecule has 0 aromatic heterocycles. The van der Waals surface area contributed by atoms with Crippen molar-refractivity contribution in [3.63, 3.8) is 0 Å². The van der Waals surface area contributed by atoms with Gasteiger partial charge >= 0.3 is 6.03 Å². The zero-order valence-corrected chi connectivity index (χ0v) is 15.2. The molecule has 2 N–H and O–H groups in total. The number of methoxy groups -OCH3 is 1. The molecule has 7 heteroatoms. The highest BCUT2D eigenvalue weighted by atomic mass is 16.5. The zero-order valence-electron chi connectivity index (χ0n) is 15.2. The van der Waals surface area contributed by atoms with Crippen LogP contribution >= 0.6 is 0 Å². The maximum Gasteiger partial charge on any atom is 0.315 e. The van der Waals surface area contributed by atoms with E-state index in [-0.39, 0.29) is 18.0 Å². The van der Waals surface area contributed by atoms with E-state index in [9.17, 15) is 9.59 Å². The minimum atomic E-state index is -0.225. The molecule has 1 aromatic carbocycles. The van der Waals surface area contributed by atoms with Crippen LogP contribution in [0.4, 0.5) is 10.5 Å². The summed E-state index contributed by atoms with van der Waals surface area (Å²) in [5.41, 5.74) is 0.788. The molecule has 1 fully saturated rings. The first-order valence-corrected chi connectivity index (χ1v) is 8.78. The number of carbonyl (C=O) groups excluding carboxylic acids is 2. The number of rotatable bonds is 8. The number of hydrogen-bond acceptors (Lipinski definition) is 4. The number of benzene rings is 1.